The SMILES string of the molecule is CN(Cc1csc(Br)c1)C(=O)C1CC12CCS(=O)(=O)CC2. The van der Waals surface area contributed by atoms with E-state index in [4.69, 9.17) is 0 Å². The molecule has 116 valence electrons. The van der Waals surface area contributed by atoms with Crippen LogP contribution in [-0.4, -0.2) is 37.8 Å². The van der Waals surface area contributed by atoms with E-state index in [1.54, 1.807) is 16.2 Å². The lowest BCUT2D eigenvalue weighted by atomic mass is 9.96. The monoisotopic (exact) mass is 391 g/mol. The van der Waals surface area contributed by atoms with Gasteiger partial charge < -0.3 is 4.90 Å². The highest BCUT2D eigenvalue weighted by Crippen LogP contribution is 2.60. The summed E-state index contributed by atoms with van der Waals surface area (Å²) in [5.74, 6) is 0.687. The van der Waals surface area contributed by atoms with Gasteiger partial charge in [0.15, 0.2) is 0 Å². The van der Waals surface area contributed by atoms with Gasteiger partial charge in [-0.15, -0.1) is 11.3 Å². The molecule has 1 aliphatic heterocycles. The standard InChI is InChI=1S/C14H18BrNO3S2/c1-16(8-10-6-12(15)20-9-10)13(17)11-7-14(11)2-4-21(18,19)5-3-14/h6,9,11H,2-5,7-8H2,1H3. The lowest BCUT2D eigenvalue weighted by Crippen LogP contribution is -2.32. The highest BCUT2D eigenvalue weighted by Gasteiger charge is 2.59. The number of hydrogen-bond acceptors (Lipinski definition) is 4. The number of carbonyl (C=O) groups is 1. The number of amides is 1. The second-order valence-electron chi connectivity index (χ2n) is 6.22. The van der Waals surface area contributed by atoms with E-state index in [1.165, 1.54) is 0 Å². The van der Waals surface area contributed by atoms with Crippen molar-refractivity contribution in [2.45, 2.75) is 25.8 Å². The minimum absolute atomic E-state index is 0.0219. The third-order valence-corrected chi connectivity index (χ3v) is 7.93. The zero-order valence-electron chi connectivity index (χ0n) is 11.8. The summed E-state index contributed by atoms with van der Waals surface area (Å²) in [5.41, 5.74) is 1.11. The van der Waals surface area contributed by atoms with Gasteiger partial charge >= 0.3 is 0 Å². The van der Waals surface area contributed by atoms with Crippen LogP contribution in [0.5, 0.6) is 0 Å². The summed E-state index contributed by atoms with van der Waals surface area (Å²) in [6.45, 7) is 0.617. The average Bonchev–Trinajstić information content (AvgIpc) is 2.99. The van der Waals surface area contributed by atoms with Crippen molar-refractivity contribution in [1.82, 2.24) is 4.90 Å². The summed E-state index contributed by atoms with van der Waals surface area (Å²) in [7, 11) is -1.02. The summed E-state index contributed by atoms with van der Waals surface area (Å²) < 4.78 is 24.1. The predicted octanol–water partition coefficient (Wildman–Crippen LogP) is 2.68. The fourth-order valence-electron chi connectivity index (χ4n) is 3.24. The summed E-state index contributed by atoms with van der Waals surface area (Å²) >= 11 is 5.04. The Morgan fingerprint density at radius 1 is 1.48 bits per heavy atom. The molecular weight excluding hydrogens is 374 g/mol. The molecule has 1 aromatic heterocycles. The molecule has 0 N–H and O–H groups in total. The van der Waals surface area contributed by atoms with Gasteiger partial charge in [0, 0.05) is 19.5 Å². The van der Waals surface area contributed by atoms with Crippen molar-refractivity contribution in [2.75, 3.05) is 18.6 Å². The van der Waals surface area contributed by atoms with Crippen LogP contribution >= 0.6 is 27.3 Å². The Kier molecular flexibility index (Phi) is 3.95. The van der Waals surface area contributed by atoms with Crippen LogP contribution in [0.25, 0.3) is 0 Å². The minimum Gasteiger partial charge on any atom is -0.341 e. The molecule has 0 radical (unpaired) electrons. The summed E-state index contributed by atoms with van der Waals surface area (Å²) in [4.78, 5) is 14.3. The highest BCUT2D eigenvalue weighted by atomic mass is 79.9. The van der Waals surface area contributed by atoms with E-state index >= 15 is 0 Å². The molecule has 1 spiro atoms. The van der Waals surface area contributed by atoms with E-state index in [1.807, 2.05) is 18.5 Å². The van der Waals surface area contributed by atoms with Crippen molar-refractivity contribution in [3.05, 3.63) is 20.8 Å². The first-order valence-corrected chi connectivity index (χ1v) is 10.5. The van der Waals surface area contributed by atoms with Crippen molar-refractivity contribution in [3.8, 4) is 0 Å². The molecule has 1 aromatic rings. The molecule has 1 aliphatic carbocycles. The molecule has 2 heterocycles. The maximum atomic E-state index is 12.5. The molecule has 3 rings (SSSR count). The van der Waals surface area contributed by atoms with E-state index in [-0.39, 0.29) is 28.7 Å². The fourth-order valence-corrected chi connectivity index (χ4v) is 6.08. The van der Waals surface area contributed by atoms with E-state index in [0.717, 1.165) is 15.8 Å². The number of thiophene rings is 1. The third kappa shape index (κ3) is 3.19. The third-order valence-electron chi connectivity index (χ3n) is 4.73. The van der Waals surface area contributed by atoms with Crippen molar-refractivity contribution in [2.24, 2.45) is 11.3 Å². The van der Waals surface area contributed by atoms with Crippen LogP contribution in [0.1, 0.15) is 24.8 Å². The van der Waals surface area contributed by atoms with Crippen molar-refractivity contribution < 1.29 is 13.2 Å². The predicted molar refractivity (Wildman–Crippen MR) is 86.9 cm³/mol. The first-order chi connectivity index (χ1) is 9.81. The van der Waals surface area contributed by atoms with Crippen LogP contribution in [0.15, 0.2) is 15.2 Å². The van der Waals surface area contributed by atoms with E-state index in [9.17, 15) is 13.2 Å². The lowest BCUT2D eigenvalue weighted by molar-refractivity contribution is -0.132. The Labute approximate surface area is 137 Å². The number of carbonyl (C=O) groups excluding carboxylic acids is 1. The van der Waals surface area contributed by atoms with Gasteiger partial charge in [-0.05, 0) is 57.6 Å². The molecule has 1 amide bonds. The first-order valence-electron chi connectivity index (χ1n) is 7.00. The van der Waals surface area contributed by atoms with Crippen LogP contribution in [0.3, 0.4) is 0 Å². The summed E-state index contributed by atoms with van der Waals surface area (Å²) in [6.07, 6.45) is 2.17. The molecular formula is C14H18BrNO3S2. The molecule has 1 unspecified atom stereocenters. The smallest absolute Gasteiger partial charge is 0.226 e. The minimum atomic E-state index is -2.86. The Hall–Kier alpha value is -0.400. The van der Waals surface area contributed by atoms with Crippen molar-refractivity contribution >= 4 is 43.0 Å². The van der Waals surface area contributed by atoms with Gasteiger partial charge in [-0.25, -0.2) is 8.42 Å². The summed E-state index contributed by atoms with van der Waals surface area (Å²) in [5, 5.41) is 2.05. The van der Waals surface area contributed by atoms with Gasteiger partial charge in [-0.2, -0.15) is 0 Å². The summed E-state index contributed by atoms with van der Waals surface area (Å²) in [6, 6.07) is 2.03. The second-order valence-corrected chi connectivity index (χ2v) is 10.8. The average molecular weight is 392 g/mol. The van der Waals surface area contributed by atoms with Gasteiger partial charge in [0.2, 0.25) is 5.91 Å². The van der Waals surface area contributed by atoms with Gasteiger partial charge in [0.25, 0.3) is 0 Å². The zero-order chi connectivity index (χ0) is 15.3. The molecule has 2 fully saturated rings. The largest absolute Gasteiger partial charge is 0.341 e. The van der Waals surface area contributed by atoms with Crippen molar-refractivity contribution in [1.29, 1.82) is 0 Å². The van der Waals surface area contributed by atoms with Crippen LogP contribution in [0.4, 0.5) is 0 Å². The maximum Gasteiger partial charge on any atom is 0.226 e. The lowest BCUT2D eigenvalue weighted by Gasteiger charge is -2.24. The highest BCUT2D eigenvalue weighted by molar-refractivity contribution is 9.11. The Morgan fingerprint density at radius 2 is 2.14 bits per heavy atom. The molecule has 21 heavy (non-hydrogen) atoms. The van der Waals surface area contributed by atoms with Crippen LogP contribution in [-0.2, 0) is 21.2 Å². The van der Waals surface area contributed by atoms with Crippen LogP contribution < -0.4 is 0 Å². The number of sulfone groups is 1. The molecule has 7 heteroatoms. The molecule has 2 aliphatic rings. The van der Waals surface area contributed by atoms with Gasteiger partial charge in [0.05, 0.1) is 15.3 Å². The van der Waals surface area contributed by atoms with Crippen LogP contribution in [0.2, 0.25) is 0 Å². The zero-order valence-corrected chi connectivity index (χ0v) is 15.1. The number of hydrogen-bond donors (Lipinski definition) is 0. The van der Waals surface area contributed by atoms with E-state index < -0.39 is 9.84 Å². The molecule has 1 saturated heterocycles. The molecule has 1 atom stereocenters. The number of rotatable bonds is 3. The van der Waals surface area contributed by atoms with E-state index in [2.05, 4.69) is 15.9 Å². The van der Waals surface area contributed by atoms with Crippen LogP contribution in [0, 0.1) is 11.3 Å². The van der Waals surface area contributed by atoms with Gasteiger partial charge in [-0.3, -0.25) is 4.79 Å². The van der Waals surface area contributed by atoms with Gasteiger partial charge in [0.1, 0.15) is 9.84 Å². The fraction of sp³-hybridized carbons (Fsp3) is 0.643. The maximum absolute atomic E-state index is 12.5. The number of halogens is 1. The Bertz CT molecular complexity index is 654. The Balaban J connectivity index is 1.60. The molecule has 4 nitrogen and oxygen atoms in total. The molecule has 0 aromatic carbocycles. The normalized spacial score (nSPS) is 25.7. The Morgan fingerprint density at radius 3 is 2.71 bits per heavy atom. The topological polar surface area (TPSA) is 54.5 Å². The second kappa shape index (κ2) is 5.35. The van der Waals surface area contributed by atoms with E-state index in [0.29, 0.717) is 19.4 Å². The number of nitrogens with zero attached hydrogens (tertiary/aromatic N) is 1. The first kappa shape index (κ1) is 15.5. The quantitative estimate of drug-likeness (QED) is 0.795. The molecule has 1 saturated carbocycles. The van der Waals surface area contributed by atoms with Crippen molar-refractivity contribution in [3.63, 3.8) is 0 Å². The molecule has 0 bridgehead atoms. The van der Waals surface area contributed by atoms with Gasteiger partial charge in [-0.1, -0.05) is 0 Å².